The maximum absolute atomic E-state index is 10.6. The monoisotopic (exact) mass is 607 g/mol. The highest BCUT2D eigenvalue weighted by Crippen LogP contribution is 2.39. The van der Waals surface area contributed by atoms with Gasteiger partial charge in [0.15, 0.2) is 0 Å². The van der Waals surface area contributed by atoms with E-state index in [-0.39, 0.29) is 5.41 Å². The molecule has 0 radical (unpaired) electrons. The lowest BCUT2D eigenvalue weighted by Gasteiger charge is -2.37. The number of aromatic nitrogens is 5. The number of piperazine rings is 1. The number of carbonyl (C=O) groups is 1. The van der Waals surface area contributed by atoms with Gasteiger partial charge >= 0.3 is 12.1 Å². The summed E-state index contributed by atoms with van der Waals surface area (Å²) >= 11 is 1.79. The minimum absolute atomic E-state index is 0.0490. The van der Waals surface area contributed by atoms with E-state index in [2.05, 4.69) is 57.8 Å². The summed E-state index contributed by atoms with van der Waals surface area (Å²) in [6.45, 7) is 13.0. The number of nitrogens with two attached hydrogens (primary N) is 1. The number of nitrogens with zero attached hydrogens (tertiary/aromatic N) is 7. The first kappa shape index (κ1) is 31.2. The van der Waals surface area contributed by atoms with Crippen LogP contribution in [-0.2, 0) is 23.1 Å². The number of hydrogen-bond acceptors (Lipinski definition) is 11. The largest absolute Gasteiger partial charge is 0.490 e. The third-order valence-electron chi connectivity index (χ3n) is 7.31. The van der Waals surface area contributed by atoms with Gasteiger partial charge in [0.1, 0.15) is 23.8 Å². The van der Waals surface area contributed by atoms with E-state index in [1.54, 1.807) is 11.3 Å². The number of anilines is 4. The Bertz CT molecular complexity index is 1410. The van der Waals surface area contributed by atoms with Crippen molar-refractivity contribution in [2.45, 2.75) is 65.0 Å². The molecule has 1 saturated heterocycles. The average Bonchev–Trinajstić information content (AvgIpc) is 3.25. The van der Waals surface area contributed by atoms with Crippen molar-refractivity contribution in [1.29, 1.82) is 0 Å². The van der Waals surface area contributed by atoms with Crippen molar-refractivity contribution >= 4 is 40.7 Å². The molecule has 11 nitrogen and oxygen atoms in total. The predicted molar refractivity (Wildman–Crippen MR) is 156 cm³/mol. The molecule has 0 atom stereocenters. The van der Waals surface area contributed by atoms with Crippen molar-refractivity contribution in [3.8, 4) is 0 Å². The fourth-order valence-corrected chi connectivity index (χ4v) is 6.09. The zero-order chi connectivity index (χ0) is 30.7. The Morgan fingerprint density at radius 1 is 1.12 bits per heavy atom. The van der Waals surface area contributed by atoms with Gasteiger partial charge in [0.25, 0.3) is 0 Å². The number of aryl methyl sites for hydroxylation is 2. The van der Waals surface area contributed by atoms with Gasteiger partial charge in [-0.2, -0.15) is 18.2 Å². The SMILES string of the molecule is Cc1nc(C)c(CCNc2nc(N3CCN(c4cc(N)ncn4)CC3)nc3c2CCCC3(C)C)s1.O=C(O)C(F)(F)F. The predicted octanol–water partition coefficient (Wildman–Crippen LogP) is 4.15. The van der Waals surface area contributed by atoms with Crippen LogP contribution in [0, 0.1) is 13.8 Å². The summed E-state index contributed by atoms with van der Waals surface area (Å²) in [5, 5.41) is 11.9. The van der Waals surface area contributed by atoms with Crippen LogP contribution in [0.4, 0.5) is 36.6 Å². The summed E-state index contributed by atoms with van der Waals surface area (Å²) in [5.41, 5.74) is 9.54. The molecule has 3 aromatic heterocycles. The van der Waals surface area contributed by atoms with Crippen molar-refractivity contribution in [3.63, 3.8) is 0 Å². The van der Waals surface area contributed by atoms with Crippen molar-refractivity contribution in [2.75, 3.05) is 53.6 Å². The molecule has 0 spiro atoms. The first-order valence-corrected chi connectivity index (χ1v) is 14.5. The number of alkyl halides is 3. The fourth-order valence-electron chi connectivity index (χ4n) is 5.15. The van der Waals surface area contributed by atoms with E-state index in [9.17, 15) is 13.2 Å². The van der Waals surface area contributed by atoms with E-state index in [0.29, 0.717) is 5.82 Å². The maximum Gasteiger partial charge on any atom is 0.490 e. The fraction of sp³-hybridized carbons (Fsp3) is 0.556. The van der Waals surface area contributed by atoms with Crippen LogP contribution >= 0.6 is 11.3 Å². The molecule has 42 heavy (non-hydrogen) atoms. The number of aliphatic carboxylic acids is 1. The molecule has 3 aromatic rings. The number of carboxylic acids is 1. The number of carboxylic acid groups (broad SMARTS) is 1. The van der Waals surface area contributed by atoms with Crippen LogP contribution in [0.1, 0.15) is 53.5 Å². The Morgan fingerprint density at radius 3 is 2.38 bits per heavy atom. The van der Waals surface area contributed by atoms with Crippen LogP contribution in [0.3, 0.4) is 0 Å². The number of hydrogen-bond donors (Lipinski definition) is 3. The van der Waals surface area contributed by atoms with E-state index in [0.717, 1.165) is 80.3 Å². The summed E-state index contributed by atoms with van der Waals surface area (Å²) in [4.78, 5) is 38.0. The van der Waals surface area contributed by atoms with Crippen LogP contribution < -0.4 is 20.9 Å². The second-order valence-electron chi connectivity index (χ2n) is 10.9. The van der Waals surface area contributed by atoms with Crippen molar-refractivity contribution in [3.05, 3.63) is 39.2 Å². The quantitative estimate of drug-likeness (QED) is 0.371. The summed E-state index contributed by atoms with van der Waals surface area (Å²) in [7, 11) is 0. The molecule has 4 heterocycles. The minimum atomic E-state index is -5.08. The van der Waals surface area contributed by atoms with Crippen molar-refractivity contribution < 1.29 is 23.1 Å². The van der Waals surface area contributed by atoms with Gasteiger partial charge in [-0.25, -0.2) is 24.7 Å². The Morgan fingerprint density at radius 2 is 1.79 bits per heavy atom. The van der Waals surface area contributed by atoms with Gasteiger partial charge in [0, 0.05) is 61.1 Å². The highest BCUT2D eigenvalue weighted by atomic mass is 32.1. The Hall–Kier alpha value is -3.75. The lowest BCUT2D eigenvalue weighted by Crippen LogP contribution is -2.47. The summed E-state index contributed by atoms with van der Waals surface area (Å²) in [5.74, 6) is 0.445. The Kier molecular flexibility index (Phi) is 9.38. The molecule has 4 N–H and O–H groups in total. The second-order valence-corrected chi connectivity index (χ2v) is 12.2. The van der Waals surface area contributed by atoms with Gasteiger partial charge in [-0.1, -0.05) is 13.8 Å². The number of thiazole rings is 1. The molecule has 0 aromatic carbocycles. The molecular formula is C27H36F3N9O2S. The molecule has 1 aliphatic carbocycles. The van der Waals surface area contributed by atoms with E-state index < -0.39 is 12.1 Å². The van der Waals surface area contributed by atoms with Gasteiger partial charge in [-0.05, 0) is 33.1 Å². The molecule has 0 unspecified atom stereocenters. The molecule has 15 heteroatoms. The normalized spacial score (nSPS) is 16.4. The Labute approximate surface area is 246 Å². The molecule has 2 aliphatic rings. The van der Waals surface area contributed by atoms with E-state index >= 15 is 0 Å². The molecule has 5 rings (SSSR count). The first-order valence-electron chi connectivity index (χ1n) is 13.7. The third kappa shape index (κ3) is 7.55. The number of fused-ring (bicyclic) bond motifs is 1. The molecule has 1 fully saturated rings. The zero-order valence-corrected chi connectivity index (χ0v) is 24.9. The lowest BCUT2D eigenvalue weighted by molar-refractivity contribution is -0.192. The number of halogens is 3. The number of nitrogen functional groups attached to an aromatic ring is 1. The molecule has 0 bridgehead atoms. The van der Waals surface area contributed by atoms with Crippen molar-refractivity contribution in [1.82, 2.24) is 24.9 Å². The van der Waals surface area contributed by atoms with E-state index in [4.69, 9.17) is 25.6 Å². The smallest absolute Gasteiger partial charge is 0.475 e. The highest BCUT2D eigenvalue weighted by molar-refractivity contribution is 7.11. The standard InChI is InChI=1S/C25H35N9S.C2HF3O2/c1-16-19(35-17(2)30-16)7-9-27-23-18-6-5-8-25(3,4)22(18)31-24(32-23)34-12-10-33(11-13-34)21-14-20(26)28-15-29-21;3-2(4,5)1(6)7/h14-15H,5-13H2,1-4H3,(H2,26,28,29)(H,27,31,32);(H,6,7). The first-order chi connectivity index (χ1) is 19.7. The molecule has 0 saturated carbocycles. The molecule has 1 aliphatic heterocycles. The van der Waals surface area contributed by atoms with Crippen molar-refractivity contribution in [2.24, 2.45) is 0 Å². The summed E-state index contributed by atoms with van der Waals surface area (Å²) < 4.78 is 31.7. The van der Waals surface area contributed by atoms with E-state index in [1.165, 1.54) is 28.9 Å². The van der Waals surface area contributed by atoms with Crippen LogP contribution in [0.5, 0.6) is 0 Å². The highest BCUT2D eigenvalue weighted by Gasteiger charge is 2.38. The second kappa shape index (κ2) is 12.6. The molecule has 228 valence electrons. The van der Waals surface area contributed by atoms with Gasteiger partial charge in [-0.15, -0.1) is 11.3 Å². The van der Waals surface area contributed by atoms with Gasteiger partial charge in [0.2, 0.25) is 5.95 Å². The van der Waals surface area contributed by atoms with Gasteiger partial charge in [0.05, 0.1) is 16.4 Å². The number of nitrogens with one attached hydrogen (secondary N) is 1. The van der Waals surface area contributed by atoms with Gasteiger partial charge < -0.3 is 26.0 Å². The zero-order valence-electron chi connectivity index (χ0n) is 24.1. The molecular weight excluding hydrogens is 571 g/mol. The number of rotatable bonds is 6. The third-order valence-corrected chi connectivity index (χ3v) is 8.44. The maximum atomic E-state index is 10.6. The molecule has 0 amide bonds. The van der Waals surface area contributed by atoms with Crippen LogP contribution in [0.15, 0.2) is 12.4 Å². The summed E-state index contributed by atoms with van der Waals surface area (Å²) in [6, 6.07) is 1.84. The van der Waals surface area contributed by atoms with Crippen LogP contribution in [-0.4, -0.2) is 74.9 Å². The topological polar surface area (TPSA) is 146 Å². The van der Waals surface area contributed by atoms with Crippen LogP contribution in [0.2, 0.25) is 0 Å². The summed E-state index contributed by atoms with van der Waals surface area (Å²) in [6.07, 6.45) is 0.751. The Balaban J connectivity index is 0.000000517. The lowest BCUT2D eigenvalue weighted by atomic mass is 9.76. The average molecular weight is 608 g/mol. The van der Waals surface area contributed by atoms with Gasteiger partial charge in [-0.3, -0.25) is 0 Å². The minimum Gasteiger partial charge on any atom is -0.475 e. The van der Waals surface area contributed by atoms with E-state index in [1.807, 2.05) is 6.07 Å². The van der Waals surface area contributed by atoms with Crippen LogP contribution in [0.25, 0.3) is 0 Å².